The molecule has 1 aliphatic heterocycles. The minimum atomic E-state index is -0.433. The van der Waals surface area contributed by atoms with Gasteiger partial charge in [-0.1, -0.05) is 12.1 Å². The number of halogens is 2. The highest BCUT2D eigenvalue weighted by Crippen LogP contribution is 2.37. The number of benzene rings is 2. The van der Waals surface area contributed by atoms with E-state index in [0.717, 1.165) is 36.7 Å². The second kappa shape index (κ2) is 6.84. The zero-order chi connectivity index (χ0) is 20.0. The standard InChI is InChI=1S/C22H19F2N5/c23-15-5-8-18(24)17(12-15)19-2-1-11-28(19)22-10-9-21-26-13-20(29(21)27-22)14-3-6-16(25)7-4-14/h3-10,12-13,19H,1-2,11,25H2. The summed E-state index contributed by atoms with van der Waals surface area (Å²) in [5.41, 5.74) is 9.36. The Balaban J connectivity index is 1.57. The number of nitrogens with two attached hydrogens (primary N) is 1. The summed E-state index contributed by atoms with van der Waals surface area (Å²) in [4.78, 5) is 6.46. The number of hydrogen-bond donors (Lipinski definition) is 1. The van der Waals surface area contributed by atoms with Crippen molar-refractivity contribution >= 4 is 17.2 Å². The zero-order valence-electron chi connectivity index (χ0n) is 15.6. The van der Waals surface area contributed by atoms with Crippen LogP contribution < -0.4 is 10.6 Å². The van der Waals surface area contributed by atoms with Crippen LogP contribution in [0.25, 0.3) is 16.9 Å². The molecule has 1 atom stereocenters. The van der Waals surface area contributed by atoms with Crippen LogP contribution >= 0.6 is 0 Å². The molecule has 29 heavy (non-hydrogen) atoms. The molecule has 2 aromatic carbocycles. The van der Waals surface area contributed by atoms with Crippen molar-refractivity contribution in [3.05, 3.63) is 78.0 Å². The van der Waals surface area contributed by atoms with Crippen LogP contribution in [0.3, 0.4) is 0 Å². The van der Waals surface area contributed by atoms with Crippen molar-refractivity contribution in [2.45, 2.75) is 18.9 Å². The number of rotatable bonds is 3. The molecule has 4 aromatic rings. The van der Waals surface area contributed by atoms with Crippen LogP contribution in [0, 0.1) is 11.6 Å². The summed E-state index contributed by atoms with van der Waals surface area (Å²) in [6, 6.07) is 14.7. The van der Waals surface area contributed by atoms with Gasteiger partial charge in [-0.25, -0.2) is 18.3 Å². The molecular formula is C22H19F2N5. The first-order chi connectivity index (χ1) is 14.1. The quantitative estimate of drug-likeness (QED) is 0.519. The van der Waals surface area contributed by atoms with E-state index in [2.05, 4.69) is 4.98 Å². The summed E-state index contributed by atoms with van der Waals surface area (Å²) in [6.07, 6.45) is 3.40. The van der Waals surface area contributed by atoms with Gasteiger partial charge in [0, 0.05) is 23.4 Å². The second-order valence-electron chi connectivity index (χ2n) is 7.24. The molecule has 0 spiro atoms. The van der Waals surface area contributed by atoms with Gasteiger partial charge in [0.05, 0.1) is 17.9 Å². The fraction of sp³-hybridized carbons (Fsp3) is 0.182. The Morgan fingerprint density at radius 3 is 2.66 bits per heavy atom. The van der Waals surface area contributed by atoms with Gasteiger partial charge < -0.3 is 10.6 Å². The predicted octanol–water partition coefficient (Wildman–Crippen LogP) is 4.60. The predicted molar refractivity (Wildman–Crippen MR) is 109 cm³/mol. The Kier molecular flexibility index (Phi) is 4.16. The minimum Gasteiger partial charge on any atom is -0.399 e. The van der Waals surface area contributed by atoms with Crippen molar-refractivity contribution in [2.24, 2.45) is 0 Å². The maximum absolute atomic E-state index is 14.4. The molecule has 7 heteroatoms. The van der Waals surface area contributed by atoms with Crippen molar-refractivity contribution in [2.75, 3.05) is 17.2 Å². The number of imidazole rings is 1. The Morgan fingerprint density at radius 1 is 1.00 bits per heavy atom. The lowest BCUT2D eigenvalue weighted by Crippen LogP contribution is -2.25. The molecule has 0 bridgehead atoms. The first-order valence-electron chi connectivity index (χ1n) is 9.52. The van der Waals surface area contributed by atoms with Gasteiger partial charge >= 0.3 is 0 Å². The van der Waals surface area contributed by atoms with E-state index in [-0.39, 0.29) is 6.04 Å². The summed E-state index contributed by atoms with van der Waals surface area (Å²) in [5.74, 6) is -0.121. The van der Waals surface area contributed by atoms with Gasteiger partial charge in [-0.05, 0) is 55.3 Å². The van der Waals surface area contributed by atoms with Crippen LogP contribution in [0.1, 0.15) is 24.4 Å². The lowest BCUT2D eigenvalue weighted by molar-refractivity contribution is 0.559. The summed E-state index contributed by atoms with van der Waals surface area (Å²) in [7, 11) is 0. The van der Waals surface area contributed by atoms with E-state index in [1.165, 1.54) is 12.1 Å². The monoisotopic (exact) mass is 391 g/mol. The van der Waals surface area contributed by atoms with E-state index in [1.807, 2.05) is 41.3 Å². The molecule has 146 valence electrons. The van der Waals surface area contributed by atoms with Crippen LogP contribution in [0.2, 0.25) is 0 Å². The van der Waals surface area contributed by atoms with E-state index in [9.17, 15) is 8.78 Å². The lowest BCUT2D eigenvalue weighted by atomic mass is 10.0. The van der Waals surface area contributed by atoms with Crippen LogP contribution in [0.15, 0.2) is 60.8 Å². The summed E-state index contributed by atoms with van der Waals surface area (Å²) >= 11 is 0. The minimum absolute atomic E-state index is 0.251. The van der Waals surface area contributed by atoms with Crippen molar-refractivity contribution in [1.82, 2.24) is 14.6 Å². The van der Waals surface area contributed by atoms with Gasteiger partial charge in [0.1, 0.15) is 17.5 Å². The van der Waals surface area contributed by atoms with Crippen molar-refractivity contribution in [1.29, 1.82) is 0 Å². The fourth-order valence-electron chi connectivity index (χ4n) is 4.00. The molecule has 1 saturated heterocycles. The number of fused-ring (bicyclic) bond motifs is 1. The van der Waals surface area contributed by atoms with Crippen LogP contribution in [0.5, 0.6) is 0 Å². The largest absolute Gasteiger partial charge is 0.399 e. The third-order valence-corrected chi connectivity index (χ3v) is 5.42. The van der Waals surface area contributed by atoms with Gasteiger partial charge in [0.25, 0.3) is 0 Å². The lowest BCUT2D eigenvalue weighted by Gasteiger charge is -2.26. The van der Waals surface area contributed by atoms with Gasteiger partial charge in [-0.2, -0.15) is 0 Å². The zero-order valence-corrected chi connectivity index (χ0v) is 15.6. The first kappa shape index (κ1) is 17.6. The van der Waals surface area contributed by atoms with Crippen molar-refractivity contribution in [3.63, 3.8) is 0 Å². The van der Waals surface area contributed by atoms with Gasteiger partial charge in [0.2, 0.25) is 0 Å². The molecule has 5 nitrogen and oxygen atoms in total. The van der Waals surface area contributed by atoms with Crippen LogP contribution in [-0.2, 0) is 0 Å². The summed E-state index contributed by atoms with van der Waals surface area (Å²) < 4.78 is 29.9. The Bertz CT molecular complexity index is 1190. The molecule has 5 rings (SSSR count). The maximum atomic E-state index is 14.4. The number of aromatic nitrogens is 3. The van der Waals surface area contributed by atoms with Gasteiger partial charge in [-0.3, -0.25) is 0 Å². The molecule has 1 fully saturated rings. The Hall–Kier alpha value is -3.48. The highest BCUT2D eigenvalue weighted by atomic mass is 19.1. The molecule has 2 N–H and O–H groups in total. The van der Waals surface area contributed by atoms with Crippen LogP contribution in [0.4, 0.5) is 20.3 Å². The molecule has 2 aromatic heterocycles. The maximum Gasteiger partial charge on any atom is 0.154 e. The van der Waals surface area contributed by atoms with E-state index in [4.69, 9.17) is 10.8 Å². The van der Waals surface area contributed by atoms with E-state index < -0.39 is 11.6 Å². The van der Waals surface area contributed by atoms with E-state index in [1.54, 1.807) is 10.7 Å². The van der Waals surface area contributed by atoms with Crippen molar-refractivity contribution < 1.29 is 8.78 Å². The average molecular weight is 391 g/mol. The Labute approximate surface area is 166 Å². The molecular weight excluding hydrogens is 372 g/mol. The highest BCUT2D eigenvalue weighted by Gasteiger charge is 2.30. The number of hydrogen-bond acceptors (Lipinski definition) is 4. The smallest absolute Gasteiger partial charge is 0.154 e. The molecule has 1 unspecified atom stereocenters. The topological polar surface area (TPSA) is 59.5 Å². The van der Waals surface area contributed by atoms with Gasteiger partial charge in [-0.15, -0.1) is 5.10 Å². The van der Waals surface area contributed by atoms with Crippen LogP contribution in [-0.4, -0.2) is 21.1 Å². The number of nitrogens with zero attached hydrogens (tertiary/aromatic N) is 4. The van der Waals surface area contributed by atoms with E-state index in [0.29, 0.717) is 22.7 Å². The average Bonchev–Trinajstić information content (AvgIpc) is 3.37. The normalized spacial score (nSPS) is 16.6. The molecule has 3 heterocycles. The first-order valence-corrected chi connectivity index (χ1v) is 9.52. The molecule has 1 aliphatic rings. The fourth-order valence-corrected chi connectivity index (χ4v) is 4.00. The SMILES string of the molecule is Nc1ccc(-c2cnc3ccc(N4CCCC4c4cc(F)ccc4F)nn23)cc1. The molecule has 0 aliphatic carbocycles. The third-order valence-electron chi connectivity index (χ3n) is 5.42. The molecule has 0 saturated carbocycles. The van der Waals surface area contributed by atoms with Crippen molar-refractivity contribution in [3.8, 4) is 11.3 Å². The molecule has 0 amide bonds. The Morgan fingerprint density at radius 2 is 1.83 bits per heavy atom. The number of nitrogen functional groups attached to an aromatic ring is 1. The number of anilines is 2. The third kappa shape index (κ3) is 3.08. The molecule has 0 radical (unpaired) electrons. The summed E-state index contributed by atoms with van der Waals surface area (Å²) in [5, 5.41) is 4.78. The highest BCUT2D eigenvalue weighted by molar-refractivity contribution is 5.65. The summed E-state index contributed by atoms with van der Waals surface area (Å²) in [6.45, 7) is 0.727. The van der Waals surface area contributed by atoms with E-state index >= 15 is 0 Å². The second-order valence-corrected chi connectivity index (χ2v) is 7.24. The van der Waals surface area contributed by atoms with Gasteiger partial charge in [0.15, 0.2) is 5.65 Å².